The molecule has 0 radical (unpaired) electrons. The fourth-order valence-electron chi connectivity index (χ4n) is 1.30. The summed E-state index contributed by atoms with van der Waals surface area (Å²) in [6.45, 7) is 3.13. The molecule has 0 saturated carbocycles. The second-order valence-electron chi connectivity index (χ2n) is 3.02. The molecule has 0 aliphatic heterocycles. The third-order valence-electron chi connectivity index (χ3n) is 2.19. The van der Waals surface area contributed by atoms with Crippen LogP contribution in [0.1, 0.15) is 6.92 Å². The van der Waals surface area contributed by atoms with Gasteiger partial charge in [0, 0.05) is 19.0 Å². The second-order valence-corrected chi connectivity index (χ2v) is 3.82. The summed E-state index contributed by atoms with van der Waals surface area (Å²) in [7, 11) is 2.07. The first-order valence-electron chi connectivity index (χ1n) is 4.38. The molecule has 1 aromatic heterocycles. The molecule has 2 rings (SSSR count). The zero-order valence-electron chi connectivity index (χ0n) is 7.82. The number of benzene rings is 1. The predicted octanol–water partition coefficient (Wildman–Crippen LogP) is 2.75. The van der Waals surface area contributed by atoms with Gasteiger partial charge in [0.15, 0.2) is 0 Å². The summed E-state index contributed by atoms with van der Waals surface area (Å²) in [6, 6.07) is 8.35. The zero-order chi connectivity index (χ0) is 9.26. The fourth-order valence-corrected chi connectivity index (χ4v) is 2.12. The molecule has 0 amide bonds. The van der Waals surface area contributed by atoms with Gasteiger partial charge in [0.25, 0.3) is 0 Å². The molecule has 0 spiro atoms. The topological polar surface area (TPSA) is 16.1 Å². The van der Waals surface area contributed by atoms with Crippen LogP contribution >= 0.6 is 11.5 Å². The average molecular weight is 192 g/mol. The van der Waals surface area contributed by atoms with Gasteiger partial charge in [-0.2, -0.15) is 4.37 Å². The lowest BCUT2D eigenvalue weighted by Gasteiger charge is -2.13. The molecule has 2 aromatic rings. The standard InChI is InChI=1S/C10H12N2S/c1-3-12(2)10-8-6-4-5-7-9(8)13-11-10/h4-7H,3H2,1-2H3. The highest BCUT2D eigenvalue weighted by atomic mass is 32.1. The normalized spacial score (nSPS) is 10.6. The smallest absolute Gasteiger partial charge is 0.149 e. The number of hydrogen-bond donors (Lipinski definition) is 0. The summed E-state index contributed by atoms with van der Waals surface area (Å²) in [5.41, 5.74) is 0. The quantitative estimate of drug-likeness (QED) is 0.727. The number of aromatic nitrogens is 1. The van der Waals surface area contributed by atoms with Gasteiger partial charge in [-0.3, -0.25) is 0 Å². The van der Waals surface area contributed by atoms with Crippen LogP contribution in [0.5, 0.6) is 0 Å². The lowest BCUT2D eigenvalue weighted by atomic mass is 10.2. The van der Waals surface area contributed by atoms with Crippen LogP contribution in [0.3, 0.4) is 0 Å². The third kappa shape index (κ3) is 1.40. The van der Waals surface area contributed by atoms with Crippen molar-refractivity contribution >= 4 is 27.4 Å². The first kappa shape index (κ1) is 8.51. The molecular formula is C10H12N2S. The van der Waals surface area contributed by atoms with Crippen molar-refractivity contribution in [1.29, 1.82) is 0 Å². The molecule has 3 heteroatoms. The van der Waals surface area contributed by atoms with E-state index < -0.39 is 0 Å². The van der Waals surface area contributed by atoms with Crippen LogP contribution in [-0.2, 0) is 0 Å². The Kier molecular flexibility index (Phi) is 2.19. The van der Waals surface area contributed by atoms with Crippen LogP contribution in [0, 0.1) is 0 Å². The third-order valence-corrected chi connectivity index (χ3v) is 3.01. The summed E-state index contributed by atoms with van der Waals surface area (Å²) >= 11 is 1.57. The minimum Gasteiger partial charge on any atom is -0.359 e. The van der Waals surface area contributed by atoms with Gasteiger partial charge in [0.2, 0.25) is 0 Å². The molecule has 2 nitrogen and oxygen atoms in total. The maximum absolute atomic E-state index is 4.43. The summed E-state index contributed by atoms with van der Waals surface area (Å²) in [4.78, 5) is 2.17. The molecule has 0 unspecified atom stereocenters. The van der Waals surface area contributed by atoms with Crippen molar-refractivity contribution in [2.24, 2.45) is 0 Å². The summed E-state index contributed by atoms with van der Waals surface area (Å²) in [6.07, 6.45) is 0. The van der Waals surface area contributed by atoms with Crippen molar-refractivity contribution in [3.8, 4) is 0 Å². The Morgan fingerprint density at radius 2 is 2.15 bits per heavy atom. The van der Waals surface area contributed by atoms with Crippen molar-refractivity contribution in [2.45, 2.75) is 6.92 Å². The van der Waals surface area contributed by atoms with E-state index >= 15 is 0 Å². The Bertz CT molecular complexity index is 408. The SMILES string of the molecule is CCN(C)c1nsc2ccccc12. The van der Waals surface area contributed by atoms with E-state index in [0.29, 0.717) is 0 Å². The van der Waals surface area contributed by atoms with Crippen molar-refractivity contribution in [3.05, 3.63) is 24.3 Å². The van der Waals surface area contributed by atoms with Crippen molar-refractivity contribution < 1.29 is 0 Å². The van der Waals surface area contributed by atoms with Crippen molar-refractivity contribution in [1.82, 2.24) is 4.37 Å². The van der Waals surface area contributed by atoms with Crippen LogP contribution < -0.4 is 4.90 Å². The van der Waals surface area contributed by atoms with Gasteiger partial charge >= 0.3 is 0 Å². The van der Waals surface area contributed by atoms with E-state index in [4.69, 9.17) is 0 Å². The number of hydrogen-bond acceptors (Lipinski definition) is 3. The van der Waals surface area contributed by atoms with E-state index in [9.17, 15) is 0 Å². The van der Waals surface area contributed by atoms with E-state index in [1.807, 2.05) is 0 Å². The van der Waals surface area contributed by atoms with E-state index in [1.54, 1.807) is 11.5 Å². The van der Waals surface area contributed by atoms with Crippen LogP contribution in [0.25, 0.3) is 10.1 Å². The van der Waals surface area contributed by atoms with Gasteiger partial charge in [-0.1, -0.05) is 12.1 Å². The van der Waals surface area contributed by atoms with E-state index in [-0.39, 0.29) is 0 Å². The predicted molar refractivity (Wildman–Crippen MR) is 58.6 cm³/mol. The molecule has 68 valence electrons. The van der Waals surface area contributed by atoms with Crippen molar-refractivity contribution in [2.75, 3.05) is 18.5 Å². The summed E-state index contributed by atoms with van der Waals surface area (Å²) in [5.74, 6) is 1.10. The number of rotatable bonds is 2. The highest BCUT2D eigenvalue weighted by molar-refractivity contribution is 7.13. The highest BCUT2D eigenvalue weighted by Crippen LogP contribution is 2.28. The Labute approximate surface area is 82.0 Å². The van der Waals surface area contributed by atoms with Crippen LogP contribution in [0.15, 0.2) is 24.3 Å². The molecule has 0 aliphatic rings. The lowest BCUT2D eigenvalue weighted by molar-refractivity contribution is 0.958. The molecule has 0 bridgehead atoms. The lowest BCUT2D eigenvalue weighted by Crippen LogP contribution is -2.15. The monoisotopic (exact) mass is 192 g/mol. The molecule has 0 fully saturated rings. The van der Waals surface area contributed by atoms with Gasteiger partial charge < -0.3 is 4.90 Å². The molecular weight excluding hydrogens is 180 g/mol. The Hall–Kier alpha value is -1.09. The summed E-state index contributed by atoms with van der Waals surface area (Å²) < 4.78 is 5.70. The van der Waals surface area contributed by atoms with E-state index in [0.717, 1.165) is 12.4 Å². The molecule has 0 saturated heterocycles. The first-order chi connectivity index (χ1) is 6.33. The number of anilines is 1. The van der Waals surface area contributed by atoms with Gasteiger partial charge in [0.05, 0.1) is 4.70 Å². The molecule has 0 aliphatic carbocycles. The van der Waals surface area contributed by atoms with E-state index in [2.05, 4.69) is 47.5 Å². The van der Waals surface area contributed by atoms with Crippen LogP contribution in [-0.4, -0.2) is 18.0 Å². The fraction of sp³-hybridized carbons (Fsp3) is 0.300. The maximum atomic E-state index is 4.43. The minimum absolute atomic E-state index is 0.994. The molecule has 0 atom stereocenters. The van der Waals surface area contributed by atoms with Crippen LogP contribution in [0.4, 0.5) is 5.82 Å². The maximum Gasteiger partial charge on any atom is 0.149 e. The number of nitrogens with zero attached hydrogens (tertiary/aromatic N) is 2. The minimum atomic E-state index is 0.994. The first-order valence-corrected chi connectivity index (χ1v) is 5.16. The number of fused-ring (bicyclic) bond motifs is 1. The zero-order valence-corrected chi connectivity index (χ0v) is 8.64. The van der Waals surface area contributed by atoms with Crippen LogP contribution in [0.2, 0.25) is 0 Å². The Morgan fingerprint density at radius 1 is 1.38 bits per heavy atom. The molecule has 1 aromatic carbocycles. The van der Waals surface area contributed by atoms with Gasteiger partial charge in [-0.05, 0) is 30.6 Å². The van der Waals surface area contributed by atoms with Gasteiger partial charge in [0.1, 0.15) is 5.82 Å². The van der Waals surface area contributed by atoms with Gasteiger partial charge in [-0.25, -0.2) is 0 Å². The molecule has 13 heavy (non-hydrogen) atoms. The molecule has 0 N–H and O–H groups in total. The average Bonchev–Trinajstić information content (AvgIpc) is 2.60. The Balaban J connectivity index is 2.57. The summed E-state index contributed by atoms with van der Waals surface area (Å²) in [5, 5.41) is 1.26. The molecule has 1 heterocycles. The van der Waals surface area contributed by atoms with Crippen molar-refractivity contribution in [3.63, 3.8) is 0 Å². The highest BCUT2D eigenvalue weighted by Gasteiger charge is 2.07. The van der Waals surface area contributed by atoms with Gasteiger partial charge in [-0.15, -0.1) is 0 Å². The Morgan fingerprint density at radius 3 is 2.92 bits per heavy atom. The van der Waals surface area contributed by atoms with E-state index in [1.165, 1.54) is 10.1 Å². The largest absolute Gasteiger partial charge is 0.359 e. The second kappa shape index (κ2) is 3.34.